The molecular weight excluding hydrogens is 292 g/mol. The van der Waals surface area contributed by atoms with Gasteiger partial charge in [0.1, 0.15) is 6.33 Å². The van der Waals surface area contributed by atoms with Gasteiger partial charge in [-0.15, -0.1) is 10.2 Å². The summed E-state index contributed by atoms with van der Waals surface area (Å²) in [5.41, 5.74) is 1.09. The topological polar surface area (TPSA) is 75.9 Å². The molecule has 7 nitrogen and oxygen atoms in total. The van der Waals surface area contributed by atoms with Crippen molar-refractivity contribution in [2.45, 2.75) is 39.3 Å². The fourth-order valence-corrected chi connectivity index (χ4v) is 2.74. The van der Waals surface area contributed by atoms with Gasteiger partial charge in [0.25, 0.3) is 0 Å². The van der Waals surface area contributed by atoms with Gasteiger partial charge in [-0.3, -0.25) is 4.98 Å². The highest BCUT2D eigenvalue weighted by atomic mass is 16.2. The summed E-state index contributed by atoms with van der Waals surface area (Å²) in [6, 6.07) is 3.62. The Hall–Kier alpha value is -2.44. The molecule has 2 aromatic heterocycles. The minimum Gasteiger partial charge on any atom is -0.328 e. The smallest absolute Gasteiger partial charge is 0.318 e. The second-order valence-corrected chi connectivity index (χ2v) is 5.46. The van der Waals surface area contributed by atoms with Crippen molar-refractivity contribution in [3.63, 3.8) is 0 Å². The minimum atomic E-state index is -0.209. The zero-order valence-corrected chi connectivity index (χ0v) is 14.1. The quantitative estimate of drug-likeness (QED) is 0.888. The standard InChI is InChI=1S/C16H24N6O/c1-5-14(13-7-9-17-10-8-13)22(6-2)16(23)19-12(3)15-20-18-11-21(15)4/h7-12,14H,5-6H2,1-4H3,(H,19,23). The predicted molar refractivity (Wildman–Crippen MR) is 87.6 cm³/mol. The number of hydrogen-bond donors (Lipinski definition) is 1. The van der Waals surface area contributed by atoms with Gasteiger partial charge in [0.05, 0.1) is 12.1 Å². The van der Waals surface area contributed by atoms with Gasteiger partial charge in [0, 0.05) is 26.0 Å². The first kappa shape index (κ1) is 16.9. The summed E-state index contributed by atoms with van der Waals surface area (Å²) in [5, 5.41) is 10.9. The molecule has 2 unspecified atom stereocenters. The molecule has 124 valence electrons. The molecule has 0 aliphatic heterocycles. The number of nitrogens with zero attached hydrogens (tertiary/aromatic N) is 5. The first-order chi connectivity index (χ1) is 11.1. The molecule has 23 heavy (non-hydrogen) atoms. The molecule has 1 N–H and O–H groups in total. The Morgan fingerprint density at radius 1 is 1.35 bits per heavy atom. The van der Waals surface area contributed by atoms with E-state index in [9.17, 15) is 4.79 Å². The van der Waals surface area contributed by atoms with E-state index in [-0.39, 0.29) is 18.1 Å². The SMILES string of the molecule is CCC(c1ccncc1)N(CC)C(=O)NC(C)c1nncn1C. The molecular formula is C16H24N6O. The van der Waals surface area contributed by atoms with Crippen molar-refractivity contribution in [3.8, 4) is 0 Å². The van der Waals surface area contributed by atoms with Crippen LogP contribution in [0.25, 0.3) is 0 Å². The summed E-state index contributed by atoms with van der Waals surface area (Å²) in [5.74, 6) is 0.728. The van der Waals surface area contributed by atoms with Crippen LogP contribution in [0.1, 0.15) is 50.7 Å². The highest BCUT2D eigenvalue weighted by Crippen LogP contribution is 2.24. The van der Waals surface area contributed by atoms with Crippen molar-refractivity contribution in [3.05, 3.63) is 42.2 Å². The van der Waals surface area contributed by atoms with Crippen LogP contribution in [0.4, 0.5) is 4.79 Å². The van der Waals surface area contributed by atoms with Crippen LogP contribution in [0.5, 0.6) is 0 Å². The second kappa shape index (κ2) is 7.71. The van der Waals surface area contributed by atoms with E-state index in [1.807, 2.05) is 37.9 Å². The third-order valence-corrected chi connectivity index (χ3v) is 3.93. The maximum Gasteiger partial charge on any atom is 0.318 e. The number of aryl methyl sites for hydroxylation is 1. The van der Waals surface area contributed by atoms with Crippen LogP contribution in [0.2, 0.25) is 0 Å². The number of urea groups is 1. The second-order valence-electron chi connectivity index (χ2n) is 5.46. The molecule has 2 atom stereocenters. The van der Waals surface area contributed by atoms with Crippen LogP contribution in [-0.2, 0) is 7.05 Å². The first-order valence-corrected chi connectivity index (χ1v) is 7.89. The molecule has 2 rings (SSSR count). The maximum atomic E-state index is 12.7. The van der Waals surface area contributed by atoms with E-state index < -0.39 is 0 Å². The lowest BCUT2D eigenvalue weighted by Crippen LogP contribution is -2.43. The maximum absolute atomic E-state index is 12.7. The van der Waals surface area contributed by atoms with E-state index in [1.54, 1.807) is 23.3 Å². The van der Waals surface area contributed by atoms with Gasteiger partial charge < -0.3 is 14.8 Å². The molecule has 7 heteroatoms. The molecule has 0 saturated carbocycles. The molecule has 0 radical (unpaired) electrons. The summed E-state index contributed by atoms with van der Waals surface area (Å²) < 4.78 is 1.81. The summed E-state index contributed by atoms with van der Waals surface area (Å²) >= 11 is 0. The van der Waals surface area contributed by atoms with Gasteiger partial charge in [-0.25, -0.2) is 4.79 Å². The number of hydrogen-bond acceptors (Lipinski definition) is 4. The molecule has 0 fully saturated rings. The van der Waals surface area contributed by atoms with Gasteiger partial charge in [-0.2, -0.15) is 0 Å². The lowest BCUT2D eigenvalue weighted by atomic mass is 10.0. The lowest BCUT2D eigenvalue weighted by molar-refractivity contribution is 0.172. The minimum absolute atomic E-state index is 0.0229. The van der Waals surface area contributed by atoms with Gasteiger partial charge in [0.15, 0.2) is 5.82 Å². The Labute approximate surface area is 136 Å². The van der Waals surface area contributed by atoms with Crippen molar-refractivity contribution in [1.82, 2.24) is 30.0 Å². The summed E-state index contributed by atoms with van der Waals surface area (Å²) in [6.07, 6.45) is 5.98. The van der Waals surface area contributed by atoms with E-state index in [0.717, 1.165) is 17.8 Å². The molecule has 0 saturated heterocycles. The Bertz CT molecular complexity index is 627. The normalized spacial score (nSPS) is 13.4. The summed E-state index contributed by atoms with van der Waals surface area (Å²) in [6.45, 7) is 6.59. The number of amides is 2. The zero-order valence-electron chi connectivity index (χ0n) is 14.1. The predicted octanol–water partition coefficient (Wildman–Crippen LogP) is 2.45. The van der Waals surface area contributed by atoms with Crippen LogP contribution >= 0.6 is 0 Å². The highest BCUT2D eigenvalue weighted by Gasteiger charge is 2.24. The zero-order chi connectivity index (χ0) is 16.8. The Morgan fingerprint density at radius 2 is 2.04 bits per heavy atom. The first-order valence-electron chi connectivity index (χ1n) is 7.89. The van der Waals surface area contributed by atoms with Crippen molar-refractivity contribution in [2.24, 2.45) is 7.05 Å². The number of nitrogens with one attached hydrogen (secondary N) is 1. The van der Waals surface area contributed by atoms with Crippen molar-refractivity contribution < 1.29 is 4.79 Å². The Morgan fingerprint density at radius 3 is 2.57 bits per heavy atom. The van der Waals surface area contributed by atoms with Gasteiger partial charge >= 0.3 is 6.03 Å². The molecule has 0 aromatic carbocycles. The van der Waals surface area contributed by atoms with Crippen molar-refractivity contribution >= 4 is 6.03 Å². The van der Waals surface area contributed by atoms with Gasteiger partial charge in [-0.1, -0.05) is 6.92 Å². The lowest BCUT2D eigenvalue weighted by Gasteiger charge is -2.31. The number of pyridine rings is 1. The molecule has 0 spiro atoms. The van der Waals surface area contributed by atoms with Crippen LogP contribution in [0.3, 0.4) is 0 Å². The van der Waals surface area contributed by atoms with Crippen LogP contribution in [-0.4, -0.2) is 37.2 Å². The van der Waals surface area contributed by atoms with E-state index in [2.05, 4.69) is 27.4 Å². The van der Waals surface area contributed by atoms with Crippen LogP contribution in [0, 0.1) is 0 Å². The molecule has 0 aliphatic carbocycles. The van der Waals surface area contributed by atoms with Crippen LogP contribution < -0.4 is 5.32 Å². The third kappa shape index (κ3) is 3.85. The van der Waals surface area contributed by atoms with E-state index in [4.69, 9.17) is 0 Å². The monoisotopic (exact) mass is 316 g/mol. The number of aromatic nitrogens is 4. The molecule has 0 bridgehead atoms. The fraction of sp³-hybridized carbons (Fsp3) is 0.500. The average Bonchev–Trinajstić information content (AvgIpc) is 2.99. The molecule has 0 aliphatic rings. The Balaban J connectivity index is 2.13. The number of carbonyl (C=O) groups is 1. The largest absolute Gasteiger partial charge is 0.328 e. The molecule has 2 amide bonds. The molecule has 2 heterocycles. The summed E-state index contributed by atoms with van der Waals surface area (Å²) in [7, 11) is 1.86. The number of rotatable bonds is 6. The molecule has 2 aromatic rings. The average molecular weight is 316 g/mol. The fourth-order valence-electron chi connectivity index (χ4n) is 2.74. The van der Waals surface area contributed by atoms with Gasteiger partial charge in [0.2, 0.25) is 0 Å². The van der Waals surface area contributed by atoms with Gasteiger partial charge in [-0.05, 0) is 38.0 Å². The van der Waals surface area contributed by atoms with Crippen LogP contribution in [0.15, 0.2) is 30.9 Å². The summed E-state index contributed by atoms with van der Waals surface area (Å²) in [4.78, 5) is 18.6. The van der Waals surface area contributed by atoms with E-state index >= 15 is 0 Å². The van der Waals surface area contributed by atoms with E-state index in [1.165, 1.54) is 0 Å². The number of carbonyl (C=O) groups excluding carboxylic acids is 1. The van der Waals surface area contributed by atoms with E-state index in [0.29, 0.717) is 6.54 Å². The van der Waals surface area contributed by atoms with Crippen molar-refractivity contribution in [2.75, 3.05) is 6.54 Å². The van der Waals surface area contributed by atoms with Crippen molar-refractivity contribution in [1.29, 1.82) is 0 Å². The Kier molecular flexibility index (Phi) is 5.67. The third-order valence-electron chi connectivity index (χ3n) is 3.93. The highest BCUT2D eigenvalue weighted by molar-refractivity contribution is 5.75.